The Morgan fingerprint density at radius 1 is 1.15 bits per heavy atom. The molecular weight excluding hydrogens is 338 g/mol. The Morgan fingerprint density at radius 2 is 1.93 bits per heavy atom. The molecule has 3 aliphatic heterocycles. The minimum atomic E-state index is -0.0310. The van der Waals surface area contributed by atoms with Gasteiger partial charge in [-0.05, 0) is 44.1 Å². The summed E-state index contributed by atoms with van der Waals surface area (Å²) in [4.78, 5) is 2.72. The third-order valence-corrected chi connectivity index (χ3v) is 7.20. The van der Waals surface area contributed by atoms with Gasteiger partial charge in [-0.25, -0.2) is 0 Å². The number of hydrogen-bond donors (Lipinski definition) is 0. The lowest BCUT2D eigenvalue weighted by atomic mass is 9.70. The van der Waals surface area contributed by atoms with Crippen LogP contribution < -0.4 is 0 Å². The second-order valence-corrected chi connectivity index (χ2v) is 8.99. The summed E-state index contributed by atoms with van der Waals surface area (Å²) in [5.74, 6) is 0. The van der Waals surface area contributed by atoms with Crippen LogP contribution in [0.2, 0.25) is 0 Å². The highest BCUT2D eigenvalue weighted by atomic mass is 16.7. The van der Waals surface area contributed by atoms with E-state index in [4.69, 9.17) is 14.2 Å². The Kier molecular flexibility index (Phi) is 5.89. The van der Waals surface area contributed by atoms with Gasteiger partial charge in [0.1, 0.15) is 0 Å². The molecule has 0 aliphatic carbocycles. The second kappa shape index (κ2) is 8.20. The van der Waals surface area contributed by atoms with Gasteiger partial charge in [0, 0.05) is 38.1 Å². The number of benzene rings is 1. The summed E-state index contributed by atoms with van der Waals surface area (Å²) in [6.07, 6.45) is 7.73. The van der Waals surface area contributed by atoms with Crippen LogP contribution in [0.25, 0.3) is 0 Å². The van der Waals surface area contributed by atoms with Crippen LogP contribution in [0.4, 0.5) is 0 Å². The molecule has 0 saturated carbocycles. The molecule has 3 aliphatic rings. The molecule has 1 aromatic carbocycles. The molecular formula is C23H35NO3. The summed E-state index contributed by atoms with van der Waals surface area (Å²) in [5, 5.41) is 0. The predicted octanol–water partition coefficient (Wildman–Crippen LogP) is 4.13. The van der Waals surface area contributed by atoms with Crippen molar-refractivity contribution in [1.82, 2.24) is 4.90 Å². The Morgan fingerprint density at radius 3 is 2.67 bits per heavy atom. The molecule has 0 radical (unpaired) electrons. The molecule has 3 unspecified atom stereocenters. The summed E-state index contributed by atoms with van der Waals surface area (Å²) < 4.78 is 17.6. The Bertz CT molecular complexity index is 603. The van der Waals surface area contributed by atoms with Crippen LogP contribution in [-0.4, -0.2) is 56.2 Å². The maximum atomic E-state index is 6.12. The molecule has 0 amide bonds. The summed E-state index contributed by atoms with van der Waals surface area (Å²) in [7, 11) is 1.90. The number of ether oxygens (including phenoxy) is 3. The fourth-order valence-corrected chi connectivity index (χ4v) is 5.37. The molecule has 0 spiro atoms. The highest BCUT2D eigenvalue weighted by Crippen LogP contribution is 2.43. The normalized spacial score (nSPS) is 35.7. The van der Waals surface area contributed by atoms with Crippen molar-refractivity contribution in [3.63, 3.8) is 0 Å². The Balaban J connectivity index is 1.37. The molecule has 3 atom stereocenters. The summed E-state index contributed by atoms with van der Waals surface area (Å²) in [6, 6.07) is 11.7. The van der Waals surface area contributed by atoms with E-state index in [1.54, 1.807) is 0 Å². The number of methoxy groups -OCH3 is 1. The zero-order chi connectivity index (χ0) is 18.7. The first-order valence-electron chi connectivity index (χ1n) is 10.7. The average Bonchev–Trinajstić information content (AvgIpc) is 2.74. The van der Waals surface area contributed by atoms with E-state index in [2.05, 4.69) is 42.2 Å². The van der Waals surface area contributed by atoms with Crippen molar-refractivity contribution >= 4 is 0 Å². The highest BCUT2D eigenvalue weighted by molar-refractivity contribution is 5.26. The maximum Gasteiger partial charge on any atom is 0.157 e. The van der Waals surface area contributed by atoms with Crippen LogP contribution in [0.15, 0.2) is 30.3 Å². The second-order valence-electron chi connectivity index (χ2n) is 8.99. The van der Waals surface area contributed by atoms with Crippen molar-refractivity contribution in [2.75, 3.05) is 33.4 Å². The molecule has 3 fully saturated rings. The van der Waals surface area contributed by atoms with Gasteiger partial charge >= 0.3 is 0 Å². The van der Waals surface area contributed by atoms with Gasteiger partial charge in [0.2, 0.25) is 0 Å². The molecule has 0 aromatic heterocycles. The van der Waals surface area contributed by atoms with Crippen molar-refractivity contribution < 1.29 is 14.2 Å². The van der Waals surface area contributed by atoms with Gasteiger partial charge in [-0.3, -0.25) is 4.90 Å². The minimum Gasteiger partial charge on any atom is -0.378 e. The number of piperidine rings is 2. The average molecular weight is 374 g/mol. The monoisotopic (exact) mass is 373 g/mol. The van der Waals surface area contributed by atoms with Gasteiger partial charge in [-0.1, -0.05) is 37.3 Å². The molecule has 4 heteroatoms. The van der Waals surface area contributed by atoms with E-state index in [0.717, 1.165) is 58.4 Å². The molecule has 0 bridgehead atoms. The van der Waals surface area contributed by atoms with Crippen LogP contribution in [0.5, 0.6) is 0 Å². The SMILES string of the molecule is COC1(CCC2OCCCO2)CCN2CC(C)(c3ccccc3)CCC2C1. The molecule has 0 N–H and O–H groups in total. The molecule has 150 valence electrons. The quantitative estimate of drug-likeness (QED) is 0.776. The van der Waals surface area contributed by atoms with Crippen LogP contribution >= 0.6 is 0 Å². The molecule has 4 rings (SSSR count). The smallest absolute Gasteiger partial charge is 0.157 e. The van der Waals surface area contributed by atoms with Crippen LogP contribution in [0.3, 0.4) is 0 Å². The van der Waals surface area contributed by atoms with E-state index in [9.17, 15) is 0 Å². The Hall–Kier alpha value is -0.940. The van der Waals surface area contributed by atoms with Gasteiger partial charge in [-0.2, -0.15) is 0 Å². The van der Waals surface area contributed by atoms with Gasteiger partial charge in [-0.15, -0.1) is 0 Å². The molecule has 4 nitrogen and oxygen atoms in total. The Labute approximate surface area is 164 Å². The number of fused-ring (bicyclic) bond motifs is 1. The first-order valence-corrected chi connectivity index (χ1v) is 10.7. The highest BCUT2D eigenvalue weighted by Gasteiger charge is 2.45. The van der Waals surface area contributed by atoms with E-state index in [1.165, 1.54) is 18.4 Å². The standard InChI is InChI=1S/C23H35NO3/c1-22(19-7-4-3-5-8-19)11-9-20-17-23(25-2,13-14-24(20)18-22)12-10-21-26-15-6-16-27-21/h3-5,7-8,20-21H,6,9-18H2,1-2H3. The van der Waals surface area contributed by atoms with E-state index in [0.29, 0.717) is 6.04 Å². The van der Waals surface area contributed by atoms with Gasteiger partial charge in [0.25, 0.3) is 0 Å². The van der Waals surface area contributed by atoms with Crippen LogP contribution in [0.1, 0.15) is 57.4 Å². The number of rotatable bonds is 5. The summed E-state index contributed by atoms with van der Waals surface area (Å²) >= 11 is 0. The first-order chi connectivity index (χ1) is 13.1. The number of hydrogen-bond acceptors (Lipinski definition) is 4. The van der Waals surface area contributed by atoms with E-state index in [1.807, 2.05) is 7.11 Å². The van der Waals surface area contributed by atoms with Crippen LogP contribution in [0, 0.1) is 0 Å². The lowest BCUT2D eigenvalue weighted by Gasteiger charge is -2.52. The third-order valence-electron chi connectivity index (χ3n) is 7.20. The zero-order valence-electron chi connectivity index (χ0n) is 17.0. The fraction of sp³-hybridized carbons (Fsp3) is 0.739. The topological polar surface area (TPSA) is 30.9 Å². The van der Waals surface area contributed by atoms with Gasteiger partial charge in [0.15, 0.2) is 6.29 Å². The fourth-order valence-electron chi connectivity index (χ4n) is 5.37. The maximum absolute atomic E-state index is 6.12. The largest absolute Gasteiger partial charge is 0.378 e. The number of nitrogens with zero attached hydrogens (tertiary/aromatic N) is 1. The van der Waals surface area contributed by atoms with E-state index >= 15 is 0 Å². The summed E-state index contributed by atoms with van der Waals surface area (Å²) in [5.41, 5.74) is 1.75. The van der Waals surface area contributed by atoms with Crippen molar-refractivity contribution in [3.05, 3.63) is 35.9 Å². The van der Waals surface area contributed by atoms with Crippen molar-refractivity contribution in [2.45, 2.75) is 75.2 Å². The van der Waals surface area contributed by atoms with Crippen molar-refractivity contribution in [1.29, 1.82) is 0 Å². The van der Waals surface area contributed by atoms with Gasteiger partial charge < -0.3 is 14.2 Å². The van der Waals surface area contributed by atoms with Crippen molar-refractivity contribution in [2.24, 2.45) is 0 Å². The molecule has 3 saturated heterocycles. The van der Waals surface area contributed by atoms with Crippen molar-refractivity contribution in [3.8, 4) is 0 Å². The van der Waals surface area contributed by atoms with Crippen LogP contribution in [-0.2, 0) is 19.6 Å². The van der Waals surface area contributed by atoms with E-state index in [-0.39, 0.29) is 17.3 Å². The molecule has 27 heavy (non-hydrogen) atoms. The zero-order valence-corrected chi connectivity index (χ0v) is 17.0. The molecule has 3 heterocycles. The third kappa shape index (κ3) is 4.24. The first kappa shape index (κ1) is 19.4. The predicted molar refractivity (Wildman–Crippen MR) is 107 cm³/mol. The van der Waals surface area contributed by atoms with E-state index < -0.39 is 0 Å². The lowest BCUT2D eigenvalue weighted by Crippen LogP contribution is -2.57. The molecule has 1 aromatic rings. The van der Waals surface area contributed by atoms with Gasteiger partial charge in [0.05, 0.1) is 18.8 Å². The minimum absolute atomic E-state index is 0.00811. The summed E-state index contributed by atoms with van der Waals surface area (Å²) in [6.45, 7) is 6.40. The lowest BCUT2D eigenvalue weighted by molar-refractivity contribution is -0.191.